The van der Waals surface area contributed by atoms with Crippen molar-refractivity contribution in [3.8, 4) is 5.75 Å². The van der Waals surface area contributed by atoms with Crippen molar-refractivity contribution in [1.82, 2.24) is 10.3 Å². The number of methoxy groups -OCH3 is 1. The molecule has 0 aliphatic heterocycles. The number of rotatable bonds is 5. The Morgan fingerprint density at radius 3 is 2.52 bits per heavy atom. The molecule has 0 atom stereocenters. The zero-order valence-electron chi connectivity index (χ0n) is 11.5. The third-order valence-corrected chi connectivity index (χ3v) is 2.46. The fourth-order valence-electron chi connectivity index (χ4n) is 1.39. The highest BCUT2D eigenvalue weighted by atomic mass is 16.6. The predicted octanol–water partition coefficient (Wildman–Crippen LogP) is 0.983. The van der Waals surface area contributed by atoms with Gasteiger partial charge in [0.2, 0.25) is 11.6 Å². The molecule has 0 aliphatic carbocycles. The number of aromatic nitrogens is 1. The van der Waals surface area contributed by atoms with Crippen molar-refractivity contribution in [3.05, 3.63) is 22.2 Å². The van der Waals surface area contributed by atoms with Crippen LogP contribution in [0.15, 0.2) is 12.1 Å². The standard InChI is InChI=1S/C11H14N4O6/c1-11(2,14-10(17)18)9(16)13-7-5-4-6(21-3)8(12-7)15(19)20/h4-5,14H,1-3H3,(H,17,18)(H,12,13,16). The minimum atomic E-state index is -1.43. The summed E-state index contributed by atoms with van der Waals surface area (Å²) in [6.07, 6.45) is -1.37. The van der Waals surface area contributed by atoms with Gasteiger partial charge in [0.15, 0.2) is 0 Å². The molecule has 21 heavy (non-hydrogen) atoms. The summed E-state index contributed by atoms with van der Waals surface area (Å²) >= 11 is 0. The largest absolute Gasteiger partial charge is 0.489 e. The summed E-state index contributed by atoms with van der Waals surface area (Å²) in [5.41, 5.74) is -1.43. The summed E-state index contributed by atoms with van der Waals surface area (Å²) in [6, 6.07) is 2.58. The number of ether oxygens (including phenoxy) is 1. The van der Waals surface area contributed by atoms with Crippen LogP contribution in [0.3, 0.4) is 0 Å². The SMILES string of the molecule is COc1ccc(NC(=O)C(C)(C)NC(=O)O)nc1[N+](=O)[O-]. The van der Waals surface area contributed by atoms with Crippen LogP contribution < -0.4 is 15.4 Å². The Kier molecular flexibility index (Phi) is 4.64. The van der Waals surface area contributed by atoms with Gasteiger partial charge in [-0.3, -0.25) is 10.1 Å². The topological polar surface area (TPSA) is 144 Å². The molecule has 2 amide bonds. The van der Waals surface area contributed by atoms with Crippen LogP contribution in [-0.4, -0.2) is 39.7 Å². The van der Waals surface area contributed by atoms with Gasteiger partial charge in [-0.05, 0) is 29.8 Å². The Morgan fingerprint density at radius 2 is 2.05 bits per heavy atom. The number of carbonyl (C=O) groups excluding carboxylic acids is 1. The Bertz CT molecular complexity index is 586. The van der Waals surface area contributed by atoms with Crippen LogP contribution in [0.5, 0.6) is 5.75 Å². The molecule has 1 rings (SSSR count). The van der Waals surface area contributed by atoms with E-state index >= 15 is 0 Å². The second kappa shape index (κ2) is 6.03. The van der Waals surface area contributed by atoms with E-state index in [1.165, 1.54) is 33.1 Å². The highest BCUT2D eigenvalue weighted by Crippen LogP contribution is 2.26. The number of pyridine rings is 1. The molecule has 0 bridgehead atoms. The van der Waals surface area contributed by atoms with Crippen molar-refractivity contribution >= 4 is 23.6 Å². The van der Waals surface area contributed by atoms with E-state index in [1.807, 2.05) is 5.32 Å². The maximum atomic E-state index is 11.9. The zero-order valence-corrected chi connectivity index (χ0v) is 11.5. The maximum Gasteiger partial charge on any atom is 0.408 e. The van der Waals surface area contributed by atoms with E-state index in [1.54, 1.807) is 0 Å². The number of anilines is 1. The summed E-state index contributed by atoms with van der Waals surface area (Å²) in [5.74, 6) is -1.41. The van der Waals surface area contributed by atoms with Gasteiger partial charge in [0, 0.05) is 6.07 Å². The highest BCUT2D eigenvalue weighted by Gasteiger charge is 2.31. The van der Waals surface area contributed by atoms with Crippen LogP contribution in [0.1, 0.15) is 13.8 Å². The maximum absolute atomic E-state index is 11.9. The quantitative estimate of drug-likeness (QED) is 0.543. The second-order valence-electron chi connectivity index (χ2n) is 4.49. The molecule has 3 N–H and O–H groups in total. The van der Waals surface area contributed by atoms with E-state index in [0.29, 0.717) is 0 Å². The van der Waals surface area contributed by atoms with E-state index < -0.39 is 28.3 Å². The number of hydrogen-bond donors (Lipinski definition) is 3. The number of carbonyl (C=O) groups is 2. The summed E-state index contributed by atoms with van der Waals surface area (Å²) in [6.45, 7) is 2.68. The Morgan fingerprint density at radius 1 is 1.43 bits per heavy atom. The van der Waals surface area contributed by atoms with Gasteiger partial charge < -0.3 is 25.3 Å². The van der Waals surface area contributed by atoms with Crippen LogP contribution in [0.2, 0.25) is 0 Å². The van der Waals surface area contributed by atoms with Crippen molar-refractivity contribution in [2.45, 2.75) is 19.4 Å². The number of amides is 2. The molecule has 10 nitrogen and oxygen atoms in total. The summed E-state index contributed by atoms with van der Waals surface area (Å²) in [4.78, 5) is 36.2. The number of nitrogens with zero attached hydrogens (tertiary/aromatic N) is 2. The molecule has 0 unspecified atom stereocenters. The first-order valence-corrected chi connectivity index (χ1v) is 5.69. The third-order valence-electron chi connectivity index (χ3n) is 2.46. The summed E-state index contributed by atoms with van der Waals surface area (Å²) in [7, 11) is 1.25. The van der Waals surface area contributed by atoms with Crippen LogP contribution in [-0.2, 0) is 4.79 Å². The van der Waals surface area contributed by atoms with E-state index in [4.69, 9.17) is 9.84 Å². The van der Waals surface area contributed by atoms with E-state index in [0.717, 1.165) is 0 Å². The molecular formula is C11H14N4O6. The van der Waals surface area contributed by atoms with Crippen molar-refractivity contribution in [1.29, 1.82) is 0 Å². The first kappa shape index (κ1) is 16.1. The molecule has 0 radical (unpaired) electrons. The van der Waals surface area contributed by atoms with E-state index in [9.17, 15) is 19.7 Å². The number of nitro groups is 1. The van der Waals surface area contributed by atoms with Gasteiger partial charge in [-0.2, -0.15) is 0 Å². The third kappa shape index (κ3) is 4.03. The number of nitrogens with one attached hydrogen (secondary N) is 2. The molecule has 10 heteroatoms. The second-order valence-corrected chi connectivity index (χ2v) is 4.49. The number of hydrogen-bond acceptors (Lipinski definition) is 6. The molecule has 1 aromatic rings. The molecule has 114 valence electrons. The molecule has 0 aromatic carbocycles. The highest BCUT2D eigenvalue weighted by molar-refractivity contribution is 5.98. The van der Waals surface area contributed by atoms with Gasteiger partial charge in [-0.1, -0.05) is 0 Å². The van der Waals surface area contributed by atoms with Crippen molar-refractivity contribution in [2.24, 2.45) is 0 Å². The predicted molar refractivity (Wildman–Crippen MR) is 71.3 cm³/mol. The fourth-order valence-corrected chi connectivity index (χ4v) is 1.39. The lowest BCUT2D eigenvalue weighted by molar-refractivity contribution is -0.390. The molecule has 0 spiro atoms. The lowest BCUT2D eigenvalue weighted by Crippen LogP contribution is -2.52. The molecule has 0 saturated heterocycles. The molecule has 0 aliphatic rings. The van der Waals surface area contributed by atoms with Crippen molar-refractivity contribution < 1.29 is 24.4 Å². The van der Waals surface area contributed by atoms with E-state index in [2.05, 4.69) is 10.3 Å². The Labute approximate surface area is 119 Å². The zero-order chi connectivity index (χ0) is 16.2. The molecule has 0 fully saturated rings. The fraction of sp³-hybridized carbons (Fsp3) is 0.364. The van der Waals surface area contributed by atoms with Crippen LogP contribution >= 0.6 is 0 Å². The van der Waals surface area contributed by atoms with Crippen LogP contribution in [0.25, 0.3) is 0 Å². The smallest absolute Gasteiger partial charge is 0.408 e. The van der Waals surface area contributed by atoms with Crippen molar-refractivity contribution in [2.75, 3.05) is 12.4 Å². The average molecular weight is 298 g/mol. The van der Waals surface area contributed by atoms with Gasteiger partial charge in [0.05, 0.1) is 7.11 Å². The van der Waals surface area contributed by atoms with Gasteiger partial charge in [-0.25, -0.2) is 4.79 Å². The molecule has 1 aromatic heterocycles. The first-order chi connectivity index (χ1) is 9.67. The first-order valence-electron chi connectivity index (χ1n) is 5.69. The Balaban J connectivity index is 2.98. The minimum absolute atomic E-state index is 0.0547. The van der Waals surface area contributed by atoms with Crippen LogP contribution in [0, 0.1) is 10.1 Å². The summed E-state index contributed by atoms with van der Waals surface area (Å²) < 4.78 is 4.78. The van der Waals surface area contributed by atoms with Gasteiger partial charge >= 0.3 is 11.9 Å². The van der Waals surface area contributed by atoms with Crippen molar-refractivity contribution in [3.63, 3.8) is 0 Å². The lowest BCUT2D eigenvalue weighted by atomic mass is 10.1. The summed E-state index contributed by atoms with van der Waals surface area (Å²) in [5, 5.41) is 23.8. The molecule has 0 saturated carbocycles. The molecule has 1 heterocycles. The van der Waals surface area contributed by atoms with E-state index in [-0.39, 0.29) is 11.6 Å². The number of carboxylic acid groups (broad SMARTS) is 1. The normalized spacial score (nSPS) is 10.6. The van der Waals surface area contributed by atoms with Gasteiger partial charge in [-0.15, -0.1) is 0 Å². The minimum Gasteiger partial charge on any atom is -0.489 e. The monoisotopic (exact) mass is 298 g/mol. The average Bonchev–Trinajstić information content (AvgIpc) is 2.36. The van der Waals surface area contributed by atoms with Gasteiger partial charge in [0.25, 0.3) is 5.91 Å². The Hall–Kier alpha value is -2.91. The van der Waals surface area contributed by atoms with Gasteiger partial charge in [0.1, 0.15) is 5.54 Å². The lowest BCUT2D eigenvalue weighted by Gasteiger charge is -2.22. The van der Waals surface area contributed by atoms with Crippen LogP contribution in [0.4, 0.5) is 16.4 Å². The molecular weight excluding hydrogens is 284 g/mol.